The standard InChI is InChI=1S/C16H20O2/c1-2-3-12-18-16(17)11-10-14-9-8-13-6-4-5-7-15(13)14/h4-9,14H,2-3,10-12H2,1H3. The number of allylic oxidation sites excluding steroid dienone is 1. The number of unbranched alkanes of at least 4 members (excludes halogenated alkanes) is 1. The summed E-state index contributed by atoms with van der Waals surface area (Å²) in [5.41, 5.74) is 2.61. The summed E-state index contributed by atoms with van der Waals surface area (Å²) >= 11 is 0. The lowest BCUT2D eigenvalue weighted by Gasteiger charge is -2.10. The van der Waals surface area contributed by atoms with Crippen molar-refractivity contribution >= 4 is 12.0 Å². The average Bonchev–Trinajstić information content (AvgIpc) is 2.80. The van der Waals surface area contributed by atoms with E-state index in [1.165, 1.54) is 11.1 Å². The van der Waals surface area contributed by atoms with E-state index in [2.05, 4.69) is 37.3 Å². The molecule has 1 unspecified atom stereocenters. The van der Waals surface area contributed by atoms with Gasteiger partial charge in [0, 0.05) is 12.3 Å². The first-order valence-electron chi connectivity index (χ1n) is 6.74. The summed E-state index contributed by atoms with van der Waals surface area (Å²) in [6, 6.07) is 8.36. The molecule has 0 fully saturated rings. The Balaban J connectivity index is 1.79. The van der Waals surface area contributed by atoms with Crippen molar-refractivity contribution in [2.24, 2.45) is 0 Å². The summed E-state index contributed by atoms with van der Waals surface area (Å²) in [5.74, 6) is 0.307. The zero-order valence-electron chi connectivity index (χ0n) is 10.9. The van der Waals surface area contributed by atoms with Crippen LogP contribution in [0.4, 0.5) is 0 Å². The van der Waals surface area contributed by atoms with Crippen molar-refractivity contribution in [3.8, 4) is 0 Å². The summed E-state index contributed by atoms with van der Waals surface area (Å²) in [6.07, 6.45) is 7.70. The molecule has 1 aromatic carbocycles. The van der Waals surface area contributed by atoms with Crippen LogP contribution < -0.4 is 0 Å². The van der Waals surface area contributed by atoms with Crippen molar-refractivity contribution in [2.75, 3.05) is 6.61 Å². The minimum absolute atomic E-state index is 0.0683. The van der Waals surface area contributed by atoms with E-state index < -0.39 is 0 Å². The van der Waals surface area contributed by atoms with Crippen molar-refractivity contribution in [3.05, 3.63) is 41.5 Å². The zero-order chi connectivity index (χ0) is 12.8. The van der Waals surface area contributed by atoms with E-state index in [1.807, 2.05) is 6.07 Å². The van der Waals surface area contributed by atoms with Crippen LogP contribution in [0.3, 0.4) is 0 Å². The summed E-state index contributed by atoms with van der Waals surface area (Å²) < 4.78 is 5.17. The molecule has 18 heavy (non-hydrogen) atoms. The lowest BCUT2D eigenvalue weighted by atomic mass is 9.96. The van der Waals surface area contributed by atoms with Crippen LogP contribution in [-0.2, 0) is 9.53 Å². The van der Waals surface area contributed by atoms with Crippen molar-refractivity contribution in [1.29, 1.82) is 0 Å². The number of ether oxygens (including phenoxy) is 1. The molecule has 2 heteroatoms. The number of carbonyl (C=O) groups excluding carboxylic acids is 1. The lowest BCUT2D eigenvalue weighted by molar-refractivity contribution is -0.143. The number of hydrogen-bond donors (Lipinski definition) is 0. The van der Waals surface area contributed by atoms with E-state index >= 15 is 0 Å². The van der Waals surface area contributed by atoms with Gasteiger partial charge in [-0.05, 0) is 24.0 Å². The number of fused-ring (bicyclic) bond motifs is 1. The van der Waals surface area contributed by atoms with Gasteiger partial charge in [-0.2, -0.15) is 0 Å². The quantitative estimate of drug-likeness (QED) is 0.560. The highest BCUT2D eigenvalue weighted by molar-refractivity contribution is 5.70. The van der Waals surface area contributed by atoms with Crippen LogP contribution in [0.2, 0.25) is 0 Å². The molecule has 0 heterocycles. The van der Waals surface area contributed by atoms with Crippen molar-refractivity contribution in [1.82, 2.24) is 0 Å². The first kappa shape index (κ1) is 12.9. The maximum absolute atomic E-state index is 11.5. The van der Waals surface area contributed by atoms with Gasteiger partial charge in [-0.25, -0.2) is 0 Å². The summed E-state index contributed by atoms with van der Waals surface area (Å²) in [6.45, 7) is 2.65. The number of carbonyl (C=O) groups is 1. The van der Waals surface area contributed by atoms with Crippen LogP contribution in [-0.4, -0.2) is 12.6 Å². The molecule has 0 saturated heterocycles. The van der Waals surface area contributed by atoms with Crippen molar-refractivity contribution in [2.45, 2.75) is 38.5 Å². The molecule has 0 spiro atoms. The molecule has 1 atom stereocenters. The minimum Gasteiger partial charge on any atom is -0.466 e. The van der Waals surface area contributed by atoms with Crippen LogP contribution in [0.25, 0.3) is 6.08 Å². The fourth-order valence-electron chi connectivity index (χ4n) is 2.25. The molecule has 96 valence electrons. The fraction of sp³-hybridized carbons (Fsp3) is 0.438. The van der Waals surface area contributed by atoms with Gasteiger partial charge in [0.05, 0.1) is 6.61 Å². The second-order valence-corrected chi connectivity index (χ2v) is 4.71. The Morgan fingerprint density at radius 3 is 3.00 bits per heavy atom. The van der Waals surface area contributed by atoms with E-state index in [1.54, 1.807) is 0 Å². The highest BCUT2D eigenvalue weighted by atomic mass is 16.5. The molecule has 1 aromatic rings. The molecule has 1 aliphatic carbocycles. The smallest absolute Gasteiger partial charge is 0.305 e. The van der Waals surface area contributed by atoms with Crippen LogP contribution in [0.5, 0.6) is 0 Å². The molecule has 0 aromatic heterocycles. The van der Waals surface area contributed by atoms with Gasteiger partial charge >= 0.3 is 5.97 Å². The van der Waals surface area contributed by atoms with Gasteiger partial charge in [0.15, 0.2) is 0 Å². The third kappa shape index (κ3) is 3.22. The van der Waals surface area contributed by atoms with E-state index in [-0.39, 0.29) is 5.97 Å². The molecular formula is C16H20O2. The Hall–Kier alpha value is -1.57. The normalized spacial score (nSPS) is 16.6. The van der Waals surface area contributed by atoms with E-state index in [0.29, 0.717) is 18.9 Å². The van der Waals surface area contributed by atoms with Crippen LogP contribution >= 0.6 is 0 Å². The van der Waals surface area contributed by atoms with Crippen molar-refractivity contribution in [3.63, 3.8) is 0 Å². The maximum atomic E-state index is 11.5. The molecule has 0 amide bonds. The summed E-state index contributed by atoms with van der Waals surface area (Å²) in [7, 11) is 0. The molecule has 2 nitrogen and oxygen atoms in total. The Labute approximate surface area is 109 Å². The van der Waals surface area contributed by atoms with Gasteiger partial charge < -0.3 is 4.74 Å². The SMILES string of the molecule is CCCCOC(=O)CCC1C=Cc2ccccc21. The molecule has 2 rings (SSSR count). The maximum Gasteiger partial charge on any atom is 0.305 e. The predicted molar refractivity (Wildman–Crippen MR) is 73.3 cm³/mol. The molecule has 0 saturated carbocycles. The van der Waals surface area contributed by atoms with Gasteiger partial charge in [0.25, 0.3) is 0 Å². The van der Waals surface area contributed by atoms with Gasteiger partial charge in [-0.15, -0.1) is 0 Å². The highest BCUT2D eigenvalue weighted by Crippen LogP contribution is 2.32. The second-order valence-electron chi connectivity index (χ2n) is 4.71. The van der Waals surface area contributed by atoms with E-state index in [9.17, 15) is 4.79 Å². The lowest BCUT2D eigenvalue weighted by Crippen LogP contribution is -2.07. The largest absolute Gasteiger partial charge is 0.466 e. The molecule has 0 radical (unpaired) electrons. The monoisotopic (exact) mass is 244 g/mol. The fourth-order valence-corrected chi connectivity index (χ4v) is 2.25. The van der Waals surface area contributed by atoms with E-state index in [0.717, 1.165) is 19.3 Å². The van der Waals surface area contributed by atoms with Crippen molar-refractivity contribution < 1.29 is 9.53 Å². The number of benzene rings is 1. The molecule has 0 N–H and O–H groups in total. The van der Waals surface area contributed by atoms with Gasteiger partial charge in [-0.1, -0.05) is 49.8 Å². The molecule has 0 bridgehead atoms. The first-order valence-corrected chi connectivity index (χ1v) is 6.74. The topological polar surface area (TPSA) is 26.3 Å². The van der Waals surface area contributed by atoms with Crippen LogP contribution in [0, 0.1) is 0 Å². The van der Waals surface area contributed by atoms with Crippen LogP contribution in [0.15, 0.2) is 30.3 Å². The third-order valence-electron chi connectivity index (χ3n) is 3.32. The molecule has 0 aliphatic heterocycles. The first-order chi connectivity index (χ1) is 8.81. The average molecular weight is 244 g/mol. The van der Waals surface area contributed by atoms with Gasteiger partial charge in [0.2, 0.25) is 0 Å². The predicted octanol–water partition coefficient (Wildman–Crippen LogP) is 3.92. The molecular weight excluding hydrogens is 224 g/mol. The van der Waals surface area contributed by atoms with Gasteiger partial charge in [-0.3, -0.25) is 4.79 Å². The Kier molecular flexibility index (Phi) is 4.57. The minimum atomic E-state index is -0.0683. The van der Waals surface area contributed by atoms with E-state index in [4.69, 9.17) is 4.74 Å². The third-order valence-corrected chi connectivity index (χ3v) is 3.32. The highest BCUT2D eigenvalue weighted by Gasteiger charge is 2.17. The summed E-state index contributed by atoms with van der Waals surface area (Å²) in [5, 5.41) is 0. The number of rotatable bonds is 6. The zero-order valence-corrected chi connectivity index (χ0v) is 10.9. The second kappa shape index (κ2) is 6.39. The molecule has 1 aliphatic rings. The summed E-state index contributed by atoms with van der Waals surface area (Å²) in [4.78, 5) is 11.5. The Morgan fingerprint density at radius 2 is 2.17 bits per heavy atom. The number of esters is 1. The van der Waals surface area contributed by atoms with Crippen LogP contribution in [0.1, 0.15) is 49.7 Å². The Bertz CT molecular complexity index is 434. The van der Waals surface area contributed by atoms with Gasteiger partial charge in [0.1, 0.15) is 0 Å². The number of hydrogen-bond acceptors (Lipinski definition) is 2. The Morgan fingerprint density at radius 1 is 1.33 bits per heavy atom.